The number of benzene rings is 2. The molecule has 6 nitrogen and oxygen atoms in total. The van der Waals surface area contributed by atoms with Crippen LogP contribution in [0.5, 0.6) is 0 Å². The number of nitrogens with zero attached hydrogens (tertiary/aromatic N) is 3. The SMILES string of the molecule is Cc1ccc(/C(O)=C2/C(=O)C(=O)N(c3ccc(C)nn3)C2c2ccc(C(C)C)cc2)cc1. The Morgan fingerprint density at radius 1 is 0.906 bits per heavy atom. The van der Waals surface area contributed by atoms with Gasteiger partial charge in [0.25, 0.3) is 5.78 Å². The molecule has 1 fully saturated rings. The van der Waals surface area contributed by atoms with E-state index in [9.17, 15) is 14.7 Å². The van der Waals surface area contributed by atoms with Crippen molar-refractivity contribution in [1.29, 1.82) is 0 Å². The second kappa shape index (κ2) is 8.38. The Bertz CT molecular complexity index is 1190. The number of aryl methyl sites for hydroxylation is 2. The van der Waals surface area contributed by atoms with Gasteiger partial charge in [-0.2, -0.15) is 5.10 Å². The van der Waals surface area contributed by atoms with E-state index in [1.807, 2.05) is 43.3 Å². The van der Waals surface area contributed by atoms with Gasteiger partial charge in [0.2, 0.25) is 0 Å². The Morgan fingerprint density at radius 3 is 2.12 bits per heavy atom. The van der Waals surface area contributed by atoms with E-state index in [0.29, 0.717) is 22.7 Å². The molecule has 0 saturated carbocycles. The molecular weight excluding hydrogens is 402 g/mol. The van der Waals surface area contributed by atoms with Crippen molar-refractivity contribution in [3.05, 3.63) is 94.2 Å². The first-order valence-corrected chi connectivity index (χ1v) is 10.6. The number of amides is 1. The summed E-state index contributed by atoms with van der Waals surface area (Å²) < 4.78 is 0. The van der Waals surface area contributed by atoms with Gasteiger partial charge in [0.05, 0.1) is 17.3 Å². The first-order chi connectivity index (χ1) is 15.3. The van der Waals surface area contributed by atoms with E-state index in [-0.39, 0.29) is 17.2 Å². The van der Waals surface area contributed by atoms with Gasteiger partial charge in [0.15, 0.2) is 5.82 Å². The van der Waals surface area contributed by atoms with Crippen LogP contribution in [0.2, 0.25) is 0 Å². The zero-order valence-corrected chi connectivity index (χ0v) is 18.5. The summed E-state index contributed by atoms with van der Waals surface area (Å²) in [5.41, 5.74) is 4.09. The molecule has 1 aromatic heterocycles. The molecule has 1 atom stereocenters. The van der Waals surface area contributed by atoms with E-state index in [1.165, 1.54) is 4.90 Å². The number of aliphatic hydroxyl groups is 1. The highest BCUT2D eigenvalue weighted by Gasteiger charge is 2.47. The third-order valence-electron chi connectivity index (χ3n) is 5.72. The summed E-state index contributed by atoms with van der Waals surface area (Å²) >= 11 is 0. The summed E-state index contributed by atoms with van der Waals surface area (Å²) in [6.45, 7) is 7.93. The average Bonchev–Trinajstić information content (AvgIpc) is 3.05. The number of carbonyl (C=O) groups excluding carboxylic acids is 2. The molecule has 0 aliphatic carbocycles. The predicted molar refractivity (Wildman–Crippen MR) is 123 cm³/mol. The van der Waals surface area contributed by atoms with E-state index in [4.69, 9.17) is 0 Å². The second-order valence-corrected chi connectivity index (χ2v) is 8.39. The van der Waals surface area contributed by atoms with Crippen LogP contribution in [-0.2, 0) is 9.59 Å². The lowest BCUT2D eigenvalue weighted by molar-refractivity contribution is -0.132. The number of ketones is 1. The maximum atomic E-state index is 13.1. The van der Waals surface area contributed by atoms with Gasteiger partial charge in [0.1, 0.15) is 5.76 Å². The Hall–Kier alpha value is -3.80. The highest BCUT2D eigenvalue weighted by atomic mass is 16.3. The lowest BCUT2D eigenvalue weighted by Gasteiger charge is -2.24. The van der Waals surface area contributed by atoms with Crippen molar-refractivity contribution in [1.82, 2.24) is 10.2 Å². The van der Waals surface area contributed by atoms with Crippen molar-refractivity contribution in [2.45, 2.75) is 39.7 Å². The van der Waals surface area contributed by atoms with E-state index < -0.39 is 17.7 Å². The fourth-order valence-electron chi connectivity index (χ4n) is 3.83. The van der Waals surface area contributed by atoms with Crippen LogP contribution in [0.4, 0.5) is 5.82 Å². The summed E-state index contributed by atoms with van der Waals surface area (Å²) in [5, 5.41) is 19.3. The Labute approximate surface area is 187 Å². The fraction of sp³-hybridized carbons (Fsp3) is 0.231. The molecule has 1 saturated heterocycles. The summed E-state index contributed by atoms with van der Waals surface area (Å²) in [6, 6.07) is 17.5. The topological polar surface area (TPSA) is 83.4 Å². The van der Waals surface area contributed by atoms with Crippen LogP contribution in [0.1, 0.15) is 53.8 Å². The number of carbonyl (C=O) groups is 2. The molecule has 2 heterocycles. The van der Waals surface area contributed by atoms with Gasteiger partial charge in [-0.25, -0.2) is 0 Å². The standard InChI is InChI=1S/C26H25N3O3/c1-15(2)18-10-12-19(13-11-18)23-22(24(30)20-8-5-16(3)6-9-20)25(31)26(32)29(23)21-14-7-17(4)27-28-21/h5-15,23,30H,1-4H3/b24-22-. The van der Waals surface area contributed by atoms with Gasteiger partial charge in [-0.1, -0.05) is 67.9 Å². The van der Waals surface area contributed by atoms with Gasteiger partial charge in [-0.15, -0.1) is 5.10 Å². The second-order valence-electron chi connectivity index (χ2n) is 8.39. The number of hydrogen-bond acceptors (Lipinski definition) is 5. The Morgan fingerprint density at radius 2 is 1.56 bits per heavy atom. The van der Waals surface area contributed by atoms with Crippen LogP contribution in [0.15, 0.2) is 66.2 Å². The monoisotopic (exact) mass is 427 g/mol. The Balaban J connectivity index is 1.91. The minimum atomic E-state index is -0.811. The summed E-state index contributed by atoms with van der Waals surface area (Å²) in [7, 11) is 0. The minimum Gasteiger partial charge on any atom is -0.507 e. The first-order valence-electron chi connectivity index (χ1n) is 10.6. The van der Waals surface area contributed by atoms with Crippen molar-refractivity contribution in [2.75, 3.05) is 4.90 Å². The van der Waals surface area contributed by atoms with Crippen molar-refractivity contribution >= 4 is 23.3 Å². The molecule has 0 spiro atoms. The fourth-order valence-corrected chi connectivity index (χ4v) is 3.83. The van der Waals surface area contributed by atoms with Gasteiger partial charge < -0.3 is 5.11 Å². The number of anilines is 1. The minimum absolute atomic E-state index is 0.0403. The molecule has 1 aliphatic heterocycles. The van der Waals surface area contributed by atoms with Crippen LogP contribution >= 0.6 is 0 Å². The van der Waals surface area contributed by atoms with Crippen LogP contribution in [0.3, 0.4) is 0 Å². The molecule has 162 valence electrons. The molecule has 2 aromatic carbocycles. The van der Waals surface area contributed by atoms with E-state index in [2.05, 4.69) is 24.0 Å². The van der Waals surface area contributed by atoms with Gasteiger partial charge >= 0.3 is 5.91 Å². The van der Waals surface area contributed by atoms with Crippen molar-refractivity contribution in [3.8, 4) is 0 Å². The molecule has 1 N–H and O–H groups in total. The van der Waals surface area contributed by atoms with E-state index >= 15 is 0 Å². The number of Topliss-reactive ketones (excluding diaryl/α,β-unsaturated/α-hetero) is 1. The number of hydrogen-bond donors (Lipinski definition) is 1. The normalized spacial score (nSPS) is 17.9. The quantitative estimate of drug-likeness (QED) is 0.366. The van der Waals surface area contributed by atoms with Crippen LogP contribution in [0.25, 0.3) is 5.76 Å². The molecular formula is C26H25N3O3. The van der Waals surface area contributed by atoms with Gasteiger partial charge in [0, 0.05) is 5.56 Å². The lowest BCUT2D eigenvalue weighted by atomic mass is 9.93. The molecule has 1 unspecified atom stereocenters. The van der Waals surface area contributed by atoms with Gasteiger partial charge in [-0.3, -0.25) is 14.5 Å². The Kier molecular flexibility index (Phi) is 5.61. The molecule has 0 radical (unpaired) electrons. The van der Waals surface area contributed by atoms with Crippen LogP contribution in [0, 0.1) is 13.8 Å². The third-order valence-corrected chi connectivity index (χ3v) is 5.72. The average molecular weight is 428 g/mol. The summed E-state index contributed by atoms with van der Waals surface area (Å²) in [5.74, 6) is -1.09. The van der Waals surface area contributed by atoms with E-state index in [0.717, 1.165) is 11.1 Å². The van der Waals surface area contributed by atoms with Crippen LogP contribution < -0.4 is 4.90 Å². The molecule has 3 aromatic rings. The highest BCUT2D eigenvalue weighted by molar-refractivity contribution is 6.51. The number of aromatic nitrogens is 2. The first kappa shape index (κ1) is 21.4. The number of aliphatic hydroxyl groups excluding tert-OH is 1. The third kappa shape index (κ3) is 3.80. The molecule has 4 rings (SSSR count). The van der Waals surface area contributed by atoms with Crippen LogP contribution in [-0.4, -0.2) is 27.0 Å². The van der Waals surface area contributed by atoms with Crippen molar-refractivity contribution in [2.24, 2.45) is 0 Å². The smallest absolute Gasteiger partial charge is 0.301 e. The number of rotatable bonds is 4. The lowest BCUT2D eigenvalue weighted by Crippen LogP contribution is -2.30. The molecule has 1 aliphatic rings. The van der Waals surface area contributed by atoms with E-state index in [1.54, 1.807) is 31.2 Å². The molecule has 32 heavy (non-hydrogen) atoms. The zero-order valence-electron chi connectivity index (χ0n) is 18.5. The maximum absolute atomic E-state index is 13.1. The molecule has 0 bridgehead atoms. The predicted octanol–water partition coefficient (Wildman–Crippen LogP) is 4.84. The zero-order chi connectivity index (χ0) is 23.0. The highest BCUT2D eigenvalue weighted by Crippen LogP contribution is 2.41. The summed E-state index contributed by atoms with van der Waals surface area (Å²) in [4.78, 5) is 27.6. The molecule has 1 amide bonds. The van der Waals surface area contributed by atoms with Crippen molar-refractivity contribution < 1.29 is 14.7 Å². The van der Waals surface area contributed by atoms with Crippen molar-refractivity contribution in [3.63, 3.8) is 0 Å². The maximum Gasteiger partial charge on any atom is 0.301 e. The largest absolute Gasteiger partial charge is 0.507 e. The molecule has 6 heteroatoms. The summed E-state index contributed by atoms with van der Waals surface area (Å²) in [6.07, 6.45) is 0. The van der Waals surface area contributed by atoms with Gasteiger partial charge in [-0.05, 0) is 43.0 Å².